The van der Waals surface area contributed by atoms with Crippen molar-refractivity contribution in [1.29, 1.82) is 0 Å². The molecule has 0 radical (unpaired) electrons. The Balaban J connectivity index is 2.35. The minimum atomic E-state index is -0.298. The third-order valence-electron chi connectivity index (χ3n) is 2.32. The molecule has 1 unspecified atom stereocenters. The molecular formula is C8H16N2O2. The number of hydrogen-bond acceptors (Lipinski definition) is 2. The standard InChI is InChI=1S/C8H16N2O2/c1-12-6-4-7-3-2-5-10(7)8(9)11/h7H,2-6H2,1H3,(H2,9,11). The number of nitrogens with zero attached hydrogens (tertiary/aromatic N) is 1. The SMILES string of the molecule is COCCC1CCCN1C(N)=O. The fourth-order valence-corrected chi connectivity index (χ4v) is 1.68. The van der Waals surface area contributed by atoms with Gasteiger partial charge in [-0.2, -0.15) is 0 Å². The average Bonchev–Trinajstić information content (AvgIpc) is 2.48. The first kappa shape index (κ1) is 9.32. The van der Waals surface area contributed by atoms with E-state index in [9.17, 15) is 4.79 Å². The molecule has 1 rings (SSSR count). The van der Waals surface area contributed by atoms with Crippen LogP contribution in [0, 0.1) is 0 Å². The first-order valence-electron chi connectivity index (χ1n) is 4.30. The Morgan fingerprint density at radius 3 is 3.08 bits per heavy atom. The molecule has 0 spiro atoms. The van der Waals surface area contributed by atoms with Gasteiger partial charge in [-0.05, 0) is 19.3 Å². The van der Waals surface area contributed by atoms with E-state index < -0.39 is 0 Å². The summed E-state index contributed by atoms with van der Waals surface area (Å²) in [6, 6.07) is 0.0102. The molecule has 0 saturated carbocycles. The molecule has 2 N–H and O–H groups in total. The maximum atomic E-state index is 10.9. The number of methoxy groups -OCH3 is 1. The highest BCUT2D eigenvalue weighted by molar-refractivity contribution is 5.72. The summed E-state index contributed by atoms with van der Waals surface area (Å²) in [6.45, 7) is 1.51. The Bertz CT molecular complexity index is 161. The number of carbonyl (C=O) groups is 1. The summed E-state index contributed by atoms with van der Waals surface area (Å²) >= 11 is 0. The minimum absolute atomic E-state index is 0.298. The average molecular weight is 172 g/mol. The van der Waals surface area contributed by atoms with Gasteiger partial charge in [-0.25, -0.2) is 4.79 Å². The molecule has 2 amide bonds. The van der Waals surface area contributed by atoms with Crippen molar-refractivity contribution in [3.05, 3.63) is 0 Å². The van der Waals surface area contributed by atoms with Gasteiger partial charge in [-0.1, -0.05) is 0 Å². The van der Waals surface area contributed by atoms with E-state index in [1.54, 1.807) is 12.0 Å². The van der Waals surface area contributed by atoms with Crippen molar-refractivity contribution in [3.8, 4) is 0 Å². The van der Waals surface area contributed by atoms with E-state index in [1.807, 2.05) is 0 Å². The molecular weight excluding hydrogens is 156 g/mol. The van der Waals surface area contributed by atoms with Crippen molar-refractivity contribution in [2.75, 3.05) is 20.3 Å². The summed E-state index contributed by atoms with van der Waals surface area (Å²) in [7, 11) is 1.67. The molecule has 4 nitrogen and oxygen atoms in total. The van der Waals surface area contributed by atoms with Crippen molar-refractivity contribution in [2.45, 2.75) is 25.3 Å². The molecule has 1 aliphatic rings. The lowest BCUT2D eigenvalue weighted by Gasteiger charge is -2.21. The molecule has 0 aromatic rings. The van der Waals surface area contributed by atoms with E-state index in [2.05, 4.69) is 0 Å². The fourth-order valence-electron chi connectivity index (χ4n) is 1.68. The van der Waals surface area contributed by atoms with Crippen molar-refractivity contribution in [2.24, 2.45) is 5.73 Å². The van der Waals surface area contributed by atoms with E-state index in [4.69, 9.17) is 10.5 Å². The smallest absolute Gasteiger partial charge is 0.315 e. The van der Waals surface area contributed by atoms with Crippen molar-refractivity contribution < 1.29 is 9.53 Å². The Kier molecular flexibility index (Phi) is 3.34. The number of likely N-dealkylation sites (tertiary alicyclic amines) is 1. The number of primary amides is 1. The summed E-state index contributed by atoms with van der Waals surface area (Å²) in [5, 5.41) is 0. The molecule has 4 heteroatoms. The first-order valence-corrected chi connectivity index (χ1v) is 4.30. The third kappa shape index (κ3) is 2.11. The molecule has 1 fully saturated rings. The summed E-state index contributed by atoms with van der Waals surface area (Å²) in [6.07, 6.45) is 3.03. The molecule has 0 aromatic heterocycles. The van der Waals surface area contributed by atoms with Gasteiger partial charge in [0.25, 0.3) is 0 Å². The molecule has 1 aliphatic heterocycles. The van der Waals surface area contributed by atoms with Crippen LogP contribution < -0.4 is 5.73 Å². The molecule has 0 bridgehead atoms. The monoisotopic (exact) mass is 172 g/mol. The lowest BCUT2D eigenvalue weighted by atomic mass is 10.1. The van der Waals surface area contributed by atoms with Crippen molar-refractivity contribution in [1.82, 2.24) is 4.90 Å². The summed E-state index contributed by atoms with van der Waals surface area (Å²) in [5.41, 5.74) is 5.21. The predicted octanol–water partition coefficient (Wildman–Crippen LogP) is 0.566. The topological polar surface area (TPSA) is 55.6 Å². The highest BCUT2D eigenvalue weighted by Gasteiger charge is 2.26. The van der Waals surface area contributed by atoms with E-state index >= 15 is 0 Å². The van der Waals surface area contributed by atoms with Crippen LogP contribution in [0.1, 0.15) is 19.3 Å². The molecule has 1 atom stereocenters. The number of ether oxygens (including phenoxy) is 1. The van der Waals surface area contributed by atoms with Crippen LogP contribution in [0.15, 0.2) is 0 Å². The van der Waals surface area contributed by atoms with E-state index in [-0.39, 0.29) is 6.03 Å². The van der Waals surface area contributed by atoms with Gasteiger partial charge in [0.05, 0.1) is 0 Å². The molecule has 1 saturated heterocycles. The quantitative estimate of drug-likeness (QED) is 0.676. The Labute approximate surface area is 72.7 Å². The maximum Gasteiger partial charge on any atom is 0.315 e. The van der Waals surface area contributed by atoms with Gasteiger partial charge in [0.2, 0.25) is 0 Å². The molecule has 0 aromatic carbocycles. The maximum absolute atomic E-state index is 10.9. The number of urea groups is 1. The van der Waals surface area contributed by atoms with Gasteiger partial charge in [0, 0.05) is 26.3 Å². The number of carbonyl (C=O) groups excluding carboxylic acids is 1. The molecule has 0 aliphatic carbocycles. The lowest BCUT2D eigenvalue weighted by Crippen LogP contribution is -2.39. The zero-order valence-corrected chi connectivity index (χ0v) is 7.45. The van der Waals surface area contributed by atoms with Gasteiger partial charge in [-0.3, -0.25) is 0 Å². The summed E-state index contributed by atoms with van der Waals surface area (Å²) in [5.74, 6) is 0. The van der Waals surface area contributed by atoms with Crippen LogP contribution in [-0.4, -0.2) is 37.2 Å². The lowest BCUT2D eigenvalue weighted by molar-refractivity contribution is 0.157. The number of rotatable bonds is 3. The van der Waals surface area contributed by atoms with Crippen LogP contribution >= 0.6 is 0 Å². The number of nitrogens with two attached hydrogens (primary N) is 1. The normalized spacial score (nSPS) is 23.1. The number of hydrogen-bond donors (Lipinski definition) is 1. The van der Waals surface area contributed by atoms with Crippen LogP contribution in [-0.2, 0) is 4.74 Å². The second-order valence-corrected chi connectivity index (χ2v) is 3.11. The Morgan fingerprint density at radius 1 is 1.75 bits per heavy atom. The minimum Gasteiger partial charge on any atom is -0.385 e. The first-order chi connectivity index (χ1) is 5.75. The summed E-state index contributed by atoms with van der Waals surface area (Å²) < 4.78 is 4.95. The second-order valence-electron chi connectivity index (χ2n) is 3.11. The van der Waals surface area contributed by atoms with Gasteiger partial charge >= 0.3 is 6.03 Å². The zero-order chi connectivity index (χ0) is 8.97. The van der Waals surface area contributed by atoms with Crippen LogP contribution in [0.3, 0.4) is 0 Å². The zero-order valence-electron chi connectivity index (χ0n) is 7.45. The van der Waals surface area contributed by atoms with Gasteiger partial charge < -0.3 is 15.4 Å². The van der Waals surface area contributed by atoms with Gasteiger partial charge in [0.1, 0.15) is 0 Å². The summed E-state index contributed by atoms with van der Waals surface area (Å²) in [4.78, 5) is 12.6. The Morgan fingerprint density at radius 2 is 2.50 bits per heavy atom. The largest absolute Gasteiger partial charge is 0.385 e. The van der Waals surface area contributed by atoms with Crippen LogP contribution in [0.2, 0.25) is 0 Å². The second kappa shape index (κ2) is 4.30. The van der Waals surface area contributed by atoms with Crippen molar-refractivity contribution >= 4 is 6.03 Å². The fraction of sp³-hybridized carbons (Fsp3) is 0.875. The van der Waals surface area contributed by atoms with Crippen molar-refractivity contribution in [3.63, 3.8) is 0 Å². The number of amides is 2. The third-order valence-corrected chi connectivity index (χ3v) is 2.32. The van der Waals surface area contributed by atoms with Gasteiger partial charge in [-0.15, -0.1) is 0 Å². The molecule has 70 valence electrons. The van der Waals surface area contributed by atoms with Crippen LogP contribution in [0.5, 0.6) is 0 Å². The predicted molar refractivity (Wildman–Crippen MR) is 45.8 cm³/mol. The van der Waals surface area contributed by atoms with Crippen LogP contribution in [0.25, 0.3) is 0 Å². The molecule has 12 heavy (non-hydrogen) atoms. The van der Waals surface area contributed by atoms with E-state index in [0.29, 0.717) is 12.6 Å². The van der Waals surface area contributed by atoms with Crippen LogP contribution in [0.4, 0.5) is 4.79 Å². The van der Waals surface area contributed by atoms with E-state index in [1.165, 1.54) is 0 Å². The molecule has 1 heterocycles. The highest BCUT2D eigenvalue weighted by atomic mass is 16.5. The van der Waals surface area contributed by atoms with Gasteiger partial charge in [0.15, 0.2) is 0 Å². The highest BCUT2D eigenvalue weighted by Crippen LogP contribution is 2.19. The Hall–Kier alpha value is -0.770. The van der Waals surface area contributed by atoms with E-state index in [0.717, 1.165) is 25.8 Å².